The summed E-state index contributed by atoms with van der Waals surface area (Å²) < 4.78 is 24.5. The zero-order chi connectivity index (χ0) is 17.8. The van der Waals surface area contributed by atoms with Gasteiger partial charge in [-0.05, 0) is 43.1 Å². The summed E-state index contributed by atoms with van der Waals surface area (Å²) in [6.07, 6.45) is 1.96. The highest BCUT2D eigenvalue weighted by Crippen LogP contribution is 2.21. The fourth-order valence-corrected chi connectivity index (χ4v) is 3.06. The minimum Gasteiger partial charge on any atom is -0.486 e. The Kier molecular flexibility index (Phi) is 6.42. The van der Waals surface area contributed by atoms with Crippen molar-refractivity contribution in [3.8, 4) is 17.1 Å². The monoisotopic (exact) mass is 389 g/mol. The summed E-state index contributed by atoms with van der Waals surface area (Å²) in [5.74, 6) is 1.73. The summed E-state index contributed by atoms with van der Waals surface area (Å²) in [7, 11) is 0. The van der Waals surface area contributed by atoms with E-state index >= 15 is 0 Å². The third-order valence-electron chi connectivity index (χ3n) is 4.54. The highest BCUT2D eigenvalue weighted by atomic mass is 35.5. The van der Waals surface area contributed by atoms with Gasteiger partial charge in [0.15, 0.2) is 11.6 Å². The van der Waals surface area contributed by atoms with Gasteiger partial charge in [-0.2, -0.15) is 4.98 Å². The first-order valence-electron chi connectivity index (χ1n) is 8.78. The standard InChI is InChI=1S/C20H20FN3O2.ClH/c21-17-3-1-2-4-18(17)25-13-14-5-7-16(8-6-14)20-23-19(26-24-20)11-15-9-10-22-12-15;/h1-8,15,22H,9-13H2;1H. The van der Waals surface area contributed by atoms with Gasteiger partial charge in [-0.1, -0.05) is 41.6 Å². The molecular weight excluding hydrogens is 369 g/mol. The van der Waals surface area contributed by atoms with Crippen molar-refractivity contribution in [1.29, 1.82) is 0 Å². The maximum Gasteiger partial charge on any atom is 0.227 e. The molecule has 0 saturated carbocycles. The fourth-order valence-electron chi connectivity index (χ4n) is 3.06. The van der Waals surface area contributed by atoms with E-state index in [-0.39, 0.29) is 24.0 Å². The Morgan fingerprint density at radius 2 is 1.96 bits per heavy atom. The lowest BCUT2D eigenvalue weighted by Gasteiger charge is -2.07. The van der Waals surface area contributed by atoms with Gasteiger partial charge < -0.3 is 14.6 Å². The number of nitrogens with zero attached hydrogens (tertiary/aromatic N) is 2. The highest BCUT2D eigenvalue weighted by molar-refractivity contribution is 5.85. The summed E-state index contributed by atoms with van der Waals surface area (Å²) in [6.45, 7) is 2.36. The SMILES string of the molecule is Cl.Fc1ccccc1OCc1ccc(-c2noc(CC3CCNC3)n2)cc1. The van der Waals surface area contributed by atoms with Crippen LogP contribution in [0.25, 0.3) is 11.4 Å². The molecule has 1 aromatic heterocycles. The zero-order valence-electron chi connectivity index (χ0n) is 14.7. The van der Waals surface area contributed by atoms with E-state index in [2.05, 4.69) is 15.5 Å². The molecule has 2 heterocycles. The normalized spacial score (nSPS) is 16.1. The molecule has 1 atom stereocenters. The lowest BCUT2D eigenvalue weighted by atomic mass is 10.1. The maximum absolute atomic E-state index is 13.6. The summed E-state index contributed by atoms with van der Waals surface area (Å²) in [5, 5.41) is 7.42. The van der Waals surface area contributed by atoms with Crippen molar-refractivity contribution in [1.82, 2.24) is 15.5 Å². The van der Waals surface area contributed by atoms with Gasteiger partial charge >= 0.3 is 0 Å². The van der Waals surface area contributed by atoms with E-state index in [0.29, 0.717) is 24.2 Å². The van der Waals surface area contributed by atoms with Crippen LogP contribution in [-0.2, 0) is 13.0 Å². The largest absolute Gasteiger partial charge is 0.486 e. The molecule has 1 aliphatic heterocycles. The highest BCUT2D eigenvalue weighted by Gasteiger charge is 2.18. The van der Waals surface area contributed by atoms with Crippen LogP contribution in [0.15, 0.2) is 53.1 Å². The minimum atomic E-state index is -0.360. The smallest absolute Gasteiger partial charge is 0.227 e. The first-order valence-corrected chi connectivity index (χ1v) is 8.78. The molecule has 2 aromatic carbocycles. The van der Waals surface area contributed by atoms with Crippen LogP contribution in [0.5, 0.6) is 5.75 Å². The molecule has 3 aromatic rings. The van der Waals surface area contributed by atoms with Crippen LogP contribution in [0.1, 0.15) is 17.9 Å². The Bertz CT molecular complexity index is 864. The van der Waals surface area contributed by atoms with Crippen molar-refractivity contribution in [2.24, 2.45) is 5.92 Å². The lowest BCUT2D eigenvalue weighted by molar-refractivity contribution is 0.290. The molecule has 7 heteroatoms. The van der Waals surface area contributed by atoms with Crippen molar-refractivity contribution < 1.29 is 13.7 Å². The van der Waals surface area contributed by atoms with E-state index in [9.17, 15) is 4.39 Å². The van der Waals surface area contributed by atoms with Gasteiger partial charge in [0.1, 0.15) is 6.61 Å². The second kappa shape index (κ2) is 8.97. The average Bonchev–Trinajstić information content (AvgIpc) is 3.34. The van der Waals surface area contributed by atoms with Gasteiger partial charge in [-0.25, -0.2) is 4.39 Å². The predicted molar refractivity (Wildman–Crippen MR) is 102 cm³/mol. The van der Waals surface area contributed by atoms with E-state index in [1.165, 1.54) is 6.07 Å². The topological polar surface area (TPSA) is 60.2 Å². The first-order chi connectivity index (χ1) is 12.8. The van der Waals surface area contributed by atoms with Crippen LogP contribution in [0.4, 0.5) is 4.39 Å². The molecule has 27 heavy (non-hydrogen) atoms. The molecule has 4 rings (SSSR count). The average molecular weight is 390 g/mol. The molecular formula is C20H21ClFN3O2. The molecule has 1 N–H and O–H groups in total. The quantitative estimate of drug-likeness (QED) is 0.689. The van der Waals surface area contributed by atoms with Crippen molar-refractivity contribution in [2.75, 3.05) is 13.1 Å². The van der Waals surface area contributed by atoms with Crippen LogP contribution in [0.2, 0.25) is 0 Å². The van der Waals surface area contributed by atoms with E-state index in [4.69, 9.17) is 9.26 Å². The number of aromatic nitrogens is 2. The number of para-hydroxylation sites is 1. The molecule has 0 radical (unpaired) electrons. The second-order valence-electron chi connectivity index (χ2n) is 6.49. The molecule has 0 bridgehead atoms. The summed E-state index contributed by atoms with van der Waals surface area (Å²) in [4.78, 5) is 4.49. The van der Waals surface area contributed by atoms with Crippen LogP contribution < -0.4 is 10.1 Å². The van der Waals surface area contributed by atoms with E-state index in [1.807, 2.05) is 24.3 Å². The van der Waals surface area contributed by atoms with Gasteiger partial charge in [0.2, 0.25) is 11.7 Å². The number of ether oxygens (including phenoxy) is 1. The number of hydrogen-bond donors (Lipinski definition) is 1. The van der Waals surface area contributed by atoms with Crippen molar-refractivity contribution in [3.05, 3.63) is 65.8 Å². The van der Waals surface area contributed by atoms with Crippen molar-refractivity contribution >= 4 is 12.4 Å². The molecule has 1 unspecified atom stereocenters. The van der Waals surface area contributed by atoms with Crippen molar-refractivity contribution in [2.45, 2.75) is 19.4 Å². The van der Waals surface area contributed by atoms with E-state index < -0.39 is 0 Å². The Labute approximate surface area is 163 Å². The molecule has 0 aliphatic carbocycles. The molecule has 5 nitrogen and oxygen atoms in total. The molecule has 0 spiro atoms. The van der Waals surface area contributed by atoms with Crippen LogP contribution in [0.3, 0.4) is 0 Å². The third kappa shape index (κ3) is 4.84. The second-order valence-corrected chi connectivity index (χ2v) is 6.49. The van der Waals surface area contributed by atoms with Gasteiger partial charge in [0.25, 0.3) is 0 Å². The van der Waals surface area contributed by atoms with Crippen LogP contribution in [-0.4, -0.2) is 23.2 Å². The molecule has 1 saturated heterocycles. The van der Waals surface area contributed by atoms with Gasteiger partial charge in [-0.15, -0.1) is 12.4 Å². The van der Waals surface area contributed by atoms with Crippen LogP contribution >= 0.6 is 12.4 Å². The van der Waals surface area contributed by atoms with E-state index in [0.717, 1.165) is 37.1 Å². The van der Waals surface area contributed by atoms with Gasteiger partial charge in [0.05, 0.1) is 0 Å². The Balaban J connectivity index is 0.00000210. The number of hydrogen-bond acceptors (Lipinski definition) is 5. The molecule has 0 amide bonds. The third-order valence-corrected chi connectivity index (χ3v) is 4.54. The zero-order valence-corrected chi connectivity index (χ0v) is 15.5. The minimum absolute atomic E-state index is 0. The summed E-state index contributed by atoms with van der Waals surface area (Å²) in [6, 6.07) is 14.1. The molecule has 1 aliphatic rings. The Morgan fingerprint density at radius 1 is 1.15 bits per heavy atom. The molecule has 1 fully saturated rings. The van der Waals surface area contributed by atoms with Gasteiger partial charge in [0, 0.05) is 12.0 Å². The summed E-state index contributed by atoms with van der Waals surface area (Å²) >= 11 is 0. The Morgan fingerprint density at radius 3 is 2.70 bits per heavy atom. The van der Waals surface area contributed by atoms with Gasteiger partial charge in [-0.3, -0.25) is 0 Å². The van der Waals surface area contributed by atoms with Crippen LogP contribution in [0, 0.1) is 11.7 Å². The number of nitrogens with one attached hydrogen (secondary N) is 1. The predicted octanol–water partition coefficient (Wildman–Crippen LogP) is 4.03. The number of rotatable bonds is 6. The lowest BCUT2D eigenvalue weighted by Crippen LogP contribution is -2.10. The fraction of sp³-hybridized carbons (Fsp3) is 0.300. The first kappa shape index (κ1) is 19.3. The van der Waals surface area contributed by atoms with E-state index in [1.54, 1.807) is 18.2 Å². The van der Waals surface area contributed by atoms with Crippen molar-refractivity contribution in [3.63, 3.8) is 0 Å². The maximum atomic E-state index is 13.6. The number of benzene rings is 2. The summed E-state index contributed by atoms with van der Waals surface area (Å²) in [5.41, 5.74) is 1.83. The number of halogens is 2. The molecule has 142 valence electrons. The Hall–Kier alpha value is -2.44.